The van der Waals surface area contributed by atoms with E-state index in [4.69, 9.17) is 4.74 Å². The second-order valence-corrected chi connectivity index (χ2v) is 4.81. The van der Waals surface area contributed by atoms with Crippen LogP contribution < -0.4 is 0 Å². The molecule has 0 aromatic rings. The molecule has 0 bridgehead atoms. The smallest absolute Gasteiger partial charge is 0.324 e. The lowest BCUT2D eigenvalue weighted by Crippen LogP contribution is -2.59. The van der Waals surface area contributed by atoms with Crippen LogP contribution in [-0.2, 0) is 9.53 Å². The first kappa shape index (κ1) is 12.5. The van der Waals surface area contributed by atoms with Gasteiger partial charge in [-0.25, -0.2) is 0 Å². The minimum absolute atomic E-state index is 0.305. The summed E-state index contributed by atoms with van der Waals surface area (Å²) in [6.45, 7) is 4.55. The van der Waals surface area contributed by atoms with E-state index >= 15 is 0 Å². The van der Waals surface area contributed by atoms with Gasteiger partial charge < -0.3 is 9.84 Å². The fourth-order valence-corrected chi connectivity index (χ4v) is 2.21. The third-order valence-corrected chi connectivity index (χ3v) is 3.63. The van der Waals surface area contributed by atoms with Crippen molar-refractivity contribution in [1.82, 2.24) is 4.90 Å². The molecule has 0 radical (unpaired) electrons. The number of carbonyl (C=O) groups is 1. The monoisotopic (exact) mass is 215 g/mol. The number of hydrogen-bond donors (Lipinski definition) is 1. The van der Waals surface area contributed by atoms with E-state index in [-0.39, 0.29) is 5.60 Å². The molecule has 1 N–H and O–H groups in total. The van der Waals surface area contributed by atoms with Crippen molar-refractivity contribution in [3.05, 3.63) is 0 Å². The van der Waals surface area contributed by atoms with Crippen molar-refractivity contribution in [2.75, 3.05) is 20.7 Å². The minimum Gasteiger partial charge on any atom is -0.480 e. The van der Waals surface area contributed by atoms with Gasteiger partial charge in [0.1, 0.15) is 5.54 Å². The third kappa shape index (κ3) is 2.16. The molecular formula is C11H21NO3. The molecule has 0 amide bonds. The van der Waals surface area contributed by atoms with E-state index in [0.717, 1.165) is 6.42 Å². The van der Waals surface area contributed by atoms with Gasteiger partial charge in [0, 0.05) is 13.0 Å². The fraction of sp³-hybridized carbons (Fsp3) is 0.909. The number of likely N-dealkylation sites (N-methyl/N-ethyl adjacent to an activating group) is 1. The highest BCUT2D eigenvalue weighted by molar-refractivity contribution is 5.79. The van der Waals surface area contributed by atoms with Gasteiger partial charge in [-0.1, -0.05) is 6.92 Å². The summed E-state index contributed by atoms with van der Waals surface area (Å²) in [4.78, 5) is 13.2. The van der Waals surface area contributed by atoms with Crippen LogP contribution in [0.25, 0.3) is 0 Å². The standard InChI is InChI=1S/C11H21NO3/c1-5-10(2)8-11(9(13)14,12(3)4)6-7-15-10/h5-8H2,1-4H3,(H,13,14). The summed E-state index contributed by atoms with van der Waals surface area (Å²) >= 11 is 0. The number of rotatable bonds is 3. The number of aliphatic carboxylic acids is 1. The van der Waals surface area contributed by atoms with Gasteiger partial charge in [-0.05, 0) is 33.9 Å². The summed E-state index contributed by atoms with van der Waals surface area (Å²) in [6, 6.07) is 0. The highest BCUT2D eigenvalue weighted by Crippen LogP contribution is 2.37. The highest BCUT2D eigenvalue weighted by Gasteiger charge is 2.49. The normalized spacial score (nSPS) is 36.9. The Morgan fingerprint density at radius 1 is 1.53 bits per heavy atom. The average molecular weight is 215 g/mol. The number of ether oxygens (including phenoxy) is 1. The molecule has 1 saturated heterocycles. The molecule has 1 rings (SSSR count). The Balaban J connectivity index is 2.95. The predicted molar refractivity (Wildman–Crippen MR) is 57.9 cm³/mol. The van der Waals surface area contributed by atoms with Crippen LogP contribution in [0.3, 0.4) is 0 Å². The maximum Gasteiger partial charge on any atom is 0.324 e. The molecule has 0 aliphatic carbocycles. The second kappa shape index (κ2) is 4.10. The second-order valence-electron chi connectivity index (χ2n) is 4.81. The Bertz CT molecular complexity index is 254. The van der Waals surface area contributed by atoms with Crippen LogP contribution in [0.2, 0.25) is 0 Å². The van der Waals surface area contributed by atoms with Crippen LogP contribution in [0.5, 0.6) is 0 Å². The van der Waals surface area contributed by atoms with E-state index in [0.29, 0.717) is 19.4 Å². The first-order valence-electron chi connectivity index (χ1n) is 5.41. The zero-order valence-corrected chi connectivity index (χ0v) is 10.0. The Labute approximate surface area is 91.2 Å². The van der Waals surface area contributed by atoms with Gasteiger partial charge in [-0.3, -0.25) is 9.69 Å². The zero-order valence-electron chi connectivity index (χ0n) is 10.0. The summed E-state index contributed by atoms with van der Waals surface area (Å²) in [6.07, 6.45) is 1.96. The Morgan fingerprint density at radius 3 is 2.53 bits per heavy atom. The summed E-state index contributed by atoms with van der Waals surface area (Å²) in [5.74, 6) is -0.740. The van der Waals surface area contributed by atoms with E-state index in [1.165, 1.54) is 0 Å². The zero-order chi connectivity index (χ0) is 11.7. The van der Waals surface area contributed by atoms with Crippen molar-refractivity contribution in [3.8, 4) is 0 Å². The predicted octanol–water partition coefficient (Wildman–Crippen LogP) is 1.35. The van der Waals surface area contributed by atoms with Crippen LogP contribution in [0, 0.1) is 0 Å². The molecule has 0 saturated carbocycles. The molecule has 0 aromatic heterocycles. The summed E-state index contributed by atoms with van der Waals surface area (Å²) in [7, 11) is 3.66. The molecule has 0 spiro atoms. The SMILES string of the molecule is CCC1(C)CC(C(=O)O)(N(C)C)CCO1. The highest BCUT2D eigenvalue weighted by atomic mass is 16.5. The van der Waals surface area contributed by atoms with Gasteiger partial charge in [-0.2, -0.15) is 0 Å². The van der Waals surface area contributed by atoms with Gasteiger partial charge in [0.25, 0.3) is 0 Å². The summed E-state index contributed by atoms with van der Waals surface area (Å²) < 4.78 is 5.68. The topological polar surface area (TPSA) is 49.8 Å². The van der Waals surface area contributed by atoms with E-state index in [1.807, 2.05) is 32.8 Å². The van der Waals surface area contributed by atoms with Crippen molar-refractivity contribution in [2.24, 2.45) is 0 Å². The Kier molecular flexibility index (Phi) is 3.41. The first-order valence-corrected chi connectivity index (χ1v) is 5.41. The molecule has 2 unspecified atom stereocenters. The fourth-order valence-electron chi connectivity index (χ4n) is 2.21. The molecule has 1 heterocycles. The molecule has 4 nitrogen and oxygen atoms in total. The minimum atomic E-state index is -0.761. The van der Waals surface area contributed by atoms with Crippen LogP contribution in [-0.4, -0.2) is 47.8 Å². The Morgan fingerprint density at radius 2 is 2.13 bits per heavy atom. The van der Waals surface area contributed by atoms with Crippen LogP contribution in [0.1, 0.15) is 33.1 Å². The van der Waals surface area contributed by atoms with Gasteiger partial charge in [0.2, 0.25) is 0 Å². The van der Waals surface area contributed by atoms with E-state index in [1.54, 1.807) is 0 Å². The number of carboxylic acid groups (broad SMARTS) is 1. The molecule has 2 atom stereocenters. The van der Waals surface area contributed by atoms with E-state index < -0.39 is 11.5 Å². The van der Waals surface area contributed by atoms with Gasteiger partial charge in [-0.15, -0.1) is 0 Å². The lowest BCUT2D eigenvalue weighted by atomic mass is 9.78. The molecule has 1 aliphatic rings. The molecule has 88 valence electrons. The van der Waals surface area contributed by atoms with Crippen molar-refractivity contribution < 1.29 is 14.6 Å². The quantitative estimate of drug-likeness (QED) is 0.772. The summed E-state index contributed by atoms with van der Waals surface area (Å²) in [5.41, 5.74) is -1.07. The molecular weight excluding hydrogens is 194 g/mol. The number of carboxylic acids is 1. The largest absolute Gasteiger partial charge is 0.480 e. The lowest BCUT2D eigenvalue weighted by molar-refractivity contribution is -0.171. The maximum atomic E-state index is 11.4. The summed E-state index contributed by atoms with van der Waals surface area (Å²) in [5, 5.41) is 9.39. The van der Waals surface area contributed by atoms with Gasteiger partial charge in [0.05, 0.1) is 5.60 Å². The van der Waals surface area contributed by atoms with Crippen LogP contribution >= 0.6 is 0 Å². The number of hydrogen-bond acceptors (Lipinski definition) is 3. The van der Waals surface area contributed by atoms with Crippen molar-refractivity contribution in [2.45, 2.75) is 44.2 Å². The van der Waals surface area contributed by atoms with Crippen LogP contribution in [0.4, 0.5) is 0 Å². The first-order chi connectivity index (χ1) is 6.86. The van der Waals surface area contributed by atoms with Crippen molar-refractivity contribution in [1.29, 1.82) is 0 Å². The lowest BCUT2D eigenvalue weighted by Gasteiger charge is -2.46. The van der Waals surface area contributed by atoms with Gasteiger partial charge >= 0.3 is 5.97 Å². The van der Waals surface area contributed by atoms with Crippen molar-refractivity contribution in [3.63, 3.8) is 0 Å². The van der Waals surface area contributed by atoms with Crippen molar-refractivity contribution >= 4 is 5.97 Å². The Hall–Kier alpha value is -0.610. The molecule has 1 aliphatic heterocycles. The molecule has 4 heteroatoms. The van der Waals surface area contributed by atoms with E-state index in [2.05, 4.69) is 0 Å². The van der Waals surface area contributed by atoms with E-state index in [9.17, 15) is 9.90 Å². The molecule has 15 heavy (non-hydrogen) atoms. The molecule has 0 aromatic carbocycles. The van der Waals surface area contributed by atoms with Gasteiger partial charge in [0.15, 0.2) is 0 Å². The third-order valence-electron chi connectivity index (χ3n) is 3.63. The maximum absolute atomic E-state index is 11.4. The molecule has 1 fully saturated rings. The number of nitrogens with zero attached hydrogens (tertiary/aromatic N) is 1. The van der Waals surface area contributed by atoms with Crippen LogP contribution in [0.15, 0.2) is 0 Å². The average Bonchev–Trinajstić information content (AvgIpc) is 2.17.